The largest absolute Gasteiger partial charge is 0.465 e. The lowest BCUT2D eigenvalue weighted by Gasteiger charge is -2.10. The molecule has 2 atom stereocenters. The molecule has 0 heterocycles. The van der Waals surface area contributed by atoms with Crippen molar-refractivity contribution >= 4 is 23.5 Å². The number of esters is 2. The first-order valence-corrected chi connectivity index (χ1v) is 7.71. The summed E-state index contributed by atoms with van der Waals surface area (Å²) >= 11 is 0. The highest BCUT2D eigenvalue weighted by atomic mass is 16.5. The van der Waals surface area contributed by atoms with Gasteiger partial charge in [-0.3, -0.25) is 19.2 Å². The maximum absolute atomic E-state index is 10.8. The third kappa shape index (κ3) is 20.2. The van der Waals surface area contributed by atoms with Gasteiger partial charge < -0.3 is 19.7 Å². The highest BCUT2D eigenvalue weighted by molar-refractivity contribution is 5.94. The van der Waals surface area contributed by atoms with Crippen molar-refractivity contribution in [1.29, 1.82) is 0 Å². The number of carbonyl (C=O) groups is 4. The molecule has 2 unspecified atom stereocenters. The fourth-order valence-corrected chi connectivity index (χ4v) is 1.31. The van der Waals surface area contributed by atoms with Crippen LogP contribution in [0.5, 0.6) is 0 Å². The van der Waals surface area contributed by atoms with Gasteiger partial charge in [0.15, 0.2) is 0 Å². The topological polar surface area (TPSA) is 127 Å². The molecule has 0 aromatic carbocycles. The van der Waals surface area contributed by atoms with Gasteiger partial charge in [-0.05, 0) is 27.7 Å². The van der Waals surface area contributed by atoms with Gasteiger partial charge in [-0.1, -0.05) is 0 Å². The third-order valence-corrected chi connectivity index (χ3v) is 2.45. The number of ether oxygens (including phenoxy) is 2. The molecule has 0 aliphatic carbocycles. The van der Waals surface area contributed by atoms with E-state index in [1.807, 2.05) is 0 Å². The van der Waals surface area contributed by atoms with Crippen LogP contribution in [0.15, 0.2) is 0 Å². The summed E-state index contributed by atoms with van der Waals surface area (Å²) in [6.07, 6.45) is -0.347. The Morgan fingerprint density at radius 2 is 1.42 bits per heavy atom. The van der Waals surface area contributed by atoms with E-state index in [9.17, 15) is 19.2 Å². The van der Waals surface area contributed by atoms with E-state index in [-0.39, 0.29) is 43.7 Å². The molecule has 0 saturated heterocycles. The van der Waals surface area contributed by atoms with Gasteiger partial charge in [-0.2, -0.15) is 0 Å². The van der Waals surface area contributed by atoms with Crippen LogP contribution in [-0.4, -0.2) is 59.1 Å². The van der Waals surface area contributed by atoms with E-state index in [1.54, 1.807) is 13.8 Å². The minimum atomic E-state index is -0.525. The summed E-state index contributed by atoms with van der Waals surface area (Å²) in [6.45, 7) is 6.10. The zero-order chi connectivity index (χ0) is 19.1. The summed E-state index contributed by atoms with van der Waals surface area (Å²) in [5, 5.41) is 17.3. The normalized spacial score (nSPS) is 12.2. The first kappa shape index (κ1) is 24.5. The summed E-state index contributed by atoms with van der Waals surface area (Å²) in [5.41, 5.74) is 0. The minimum Gasteiger partial charge on any atom is -0.465 e. The first-order chi connectivity index (χ1) is 11.1. The van der Waals surface area contributed by atoms with Crippen LogP contribution in [0.2, 0.25) is 0 Å². The van der Waals surface area contributed by atoms with Crippen molar-refractivity contribution in [3.05, 3.63) is 0 Å². The number of Topliss-reactive ketones (excluding diaryl/α,β-unsaturated/α-hetero) is 2. The van der Waals surface area contributed by atoms with Gasteiger partial charge >= 0.3 is 11.9 Å². The van der Waals surface area contributed by atoms with Crippen molar-refractivity contribution in [3.8, 4) is 0 Å². The van der Waals surface area contributed by atoms with E-state index in [0.717, 1.165) is 0 Å². The van der Waals surface area contributed by atoms with Crippen LogP contribution in [0.3, 0.4) is 0 Å². The van der Waals surface area contributed by atoms with Crippen LogP contribution in [0.1, 0.15) is 53.4 Å². The number of carbonyl (C=O) groups excluding carboxylic acids is 4. The van der Waals surface area contributed by atoms with Gasteiger partial charge in [0.2, 0.25) is 0 Å². The maximum atomic E-state index is 10.8. The molecule has 140 valence electrons. The fraction of sp³-hybridized carbons (Fsp3) is 0.750. The van der Waals surface area contributed by atoms with E-state index >= 15 is 0 Å². The van der Waals surface area contributed by atoms with Crippen LogP contribution >= 0.6 is 0 Å². The molecule has 0 aliphatic heterocycles. The Morgan fingerprint density at radius 1 is 0.917 bits per heavy atom. The van der Waals surface area contributed by atoms with Gasteiger partial charge in [-0.15, -0.1) is 0 Å². The predicted octanol–water partition coefficient (Wildman–Crippen LogP) is 0.559. The van der Waals surface area contributed by atoms with Crippen LogP contribution in [-0.2, 0) is 28.7 Å². The van der Waals surface area contributed by atoms with Crippen LogP contribution in [0.25, 0.3) is 0 Å². The maximum Gasteiger partial charge on any atom is 0.313 e. The lowest BCUT2D eigenvalue weighted by atomic mass is 10.3. The van der Waals surface area contributed by atoms with Crippen molar-refractivity contribution in [2.24, 2.45) is 0 Å². The number of hydrogen-bond donors (Lipinski definition) is 2. The molecule has 0 amide bonds. The molecule has 2 N–H and O–H groups in total. The summed E-state index contributed by atoms with van der Waals surface area (Å²) < 4.78 is 9.43. The smallest absolute Gasteiger partial charge is 0.313 e. The molecule has 0 spiro atoms. The first-order valence-electron chi connectivity index (χ1n) is 7.71. The third-order valence-electron chi connectivity index (χ3n) is 2.45. The molecule has 0 aliphatic rings. The highest BCUT2D eigenvalue weighted by Crippen LogP contribution is 1.99. The molecule has 0 aromatic rings. The fourth-order valence-electron chi connectivity index (χ4n) is 1.31. The Kier molecular flexibility index (Phi) is 15.0. The molecule has 0 rings (SSSR count). The van der Waals surface area contributed by atoms with Crippen LogP contribution in [0, 0.1) is 0 Å². The monoisotopic (exact) mass is 348 g/mol. The van der Waals surface area contributed by atoms with E-state index in [1.165, 1.54) is 13.8 Å². The van der Waals surface area contributed by atoms with E-state index < -0.39 is 18.0 Å². The zero-order valence-electron chi connectivity index (χ0n) is 14.7. The van der Waals surface area contributed by atoms with Gasteiger partial charge in [-0.25, -0.2) is 0 Å². The van der Waals surface area contributed by atoms with Gasteiger partial charge in [0, 0.05) is 19.4 Å². The van der Waals surface area contributed by atoms with E-state index in [0.29, 0.717) is 12.8 Å². The van der Waals surface area contributed by atoms with Crippen LogP contribution in [0.4, 0.5) is 0 Å². The standard InChI is InChI=1S/2C8H14O4/c1-6(10)5-8(11)12-7(2)3-4-9;1-6(9)3-4-12-8(11)5-7(2)10/h7,9H,3-5H2,1-2H3;6,9H,3-5H2,1-2H3. The van der Waals surface area contributed by atoms with Crippen molar-refractivity contribution in [3.63, 3.8) is 0 Å². The number of rotatable bonds is 10. The molecule has 24 heavy (non-hydrogen) atoms. The minimum absolute atomic E-state index is 0.0193. The second-order valence-electron chi connectivity index (χ2n) is 5.43. The molecular weight excluding hydrogens is 320 g/mol. The number of aliphatic hydroxyl groups is 2. The quantitative estimate of drug-likeness (QED) is 0.433. The second kappa shape index (κ2) is 14.8. The number of aliphatic hydroxyl groups excluding tert-OH is 2. The number of ketones is 2. The molecular formula is C16H28O8. The summed E-state index contributed by atoms with van der Waals surface area (Å²) in [5.74, 6) is -1.47. The molecule has 8 heteroatoms. The van der Waals surface area contributed by atoms with Gasteiger partial charge in [0.25, 0.3) is 0 Å². The predicted molar refractivity (Wildman–Crippen MR) is 85.1 cm³/mol. The lowest BCUT2D eigenvalue weighted by Crippen LogP contribution is -2.17. The van der Waals surface area contributed by atoms with Crippen molar-refractivity contribution < 1.29 is 38.9 Å². The zero-order valence-corrected chi connectivity index (χ0v) is 14.7. The average Bonchev–Trinajstić information content (AvgIpc) is 2.36. The summed E-state index contributed by atoms with van der Waals surface area (Å²) in [6, 6.07) is 0. The summed E-state index contributed by atoms with van der Waals surface area (Å²) in [7, 11) is 0. The van der Waals surface area contributed by atoms with Crippen molar-refractivity contribution in [2.45, 2.75) is 65.6 Å². The molecule has 0 radical (unpaired) electrons. The van der Waals surface area contributed by atoms with Crippen LogP contribution < -0.4 is 0 Å². The SMILES string of the molecule is CC(=O)CC(=O)OC(C)CCO.CC(=O)CC(=O)OCCC(C)O. The van der Waals surface area contributed by atoms with Crippen molar-refractivity contribution in [2.75, 3.05) is 13.2 Å². The number of hydrogen-bond acceptors (Lipinski definition) is 8. The average molecular weight is 348 g/mol. The molecule has 0 aromatic heterocycles. The lowest BCUT2D eigenvalue weighted by molar-refractivity contribution is -0.150. The Labute approximate surface area is 142 Å². The highest BCUT2D eigenvalue weighted by Gasteiger charge is 2.10. The van der Waals surface area contributed by atoms with E-state index in [2.05, 4.69) is 4.74 Å². The van der Waals surface area contributed by atoms with Gasteiger partial charge in [0.05, 0.1) is 12.7 Å². The Morgan fingerprint density at radius 3 is 1.83 bits per heavy atom. The molecule has 8 nitrogen and oxygen atoms in total. The summed E-state index contributed by atoms with van der Waals surface area (Å²) in [4.78, 5) is 42.4. The Bertz CT molecular complexity index is 403. The van der Waals surface area contributed by atoms with Gasteiger partial charge in [0.1, 0.15) is 30.5 Å². The second-order valence-corrected chi connectivity index (χ2v) is 5.43. The Hall–Kier alpha value is -1.80. The molecule has 0 bridgehead atoms. The van der Waals surface area contributed by atoms with Crippen molar-refractivity contribution in [1.82, 2.24) is 0 Å². The van der Waals surface area contributed by atoms with E-state index in [4.69, 9.17) is 14.9 Å². The Balaban J connectivity index is 0. The molecule has 0 saturated carbocycles. The molecule has 0 fully saturated rings.